The number of hydrogen-bond acceptors (Lipinski definition) is 5. The van der Waals surface area contributed by atoms with Gasteiger partial charge in [-0.15, -0.1) is 5.10 Å². The molecule has 182 valence electrons. The van der Waals surface area contributed by atoms with Gasteiger partial charge >= 0.3 is 5.69 Å². The van der Waals surface area contributed by atoms with Crippen molar-refractivity contribution in [2.45, 2.75) is 33.4 Å². The second kappa shape index (κ2) is 9.96. The molecule has 2 aromatic carbocycles. The Morgan fingerprint density at radius 2 is 1.71 bits per heavy atom. The molecule has 0 radical (unpaired) electrons. The molecular weight excluding hydrogens is 448 g/mol. The molecule has 10 nitrogen and oxygen atoms in total. The van der Waals surface area contributed by atoms with Gasteiger partial charge in [0.2, 0.25) is 17.6 Å². The van der Waals surface area contributed by atoms with E-state index in [-0.39, 0.29) is 42.7 Å². The van der Waals surface area contributed by atoms with Crippen molar-refractivity contribution in [3.8, 4) is 0 Å². The topological polar surface area (TPSA) is 111 Å². The van der Waals surface area contributed by atoms with E-state index in [4.69, 9.17) is 0 Å². The van der Waals surface area contributed by atoms with Gasteiger partial charge in [-0.1, -0.05) is 44.2 Å². The summed E-state index contributed by atoms with van der Waals surface area (Å²) in [5.41, 5.74) is 0.191. The number of rotatable bonds is 8. The third kappa shape index (κ3) is 4.86. The van der Waals surface area contributed by atoms with E-state index in [0.29, 0.717) is 29.1 Å². The Bertz CT molecular complexity index is 1500. The highest BCUT2D eigenvalue weighted by Crippen LogP contribution is 2.13. The van der Waals surface area contributed by atoms with E-state index in [2.05, 4.69) is 10.4 Å². The van der Waals surface area contributed by atoms with E-state index in [1.165, 1.54) is 13.9 Å². The fourth-order valence-corrected chi connectivity index (χ4v) is 3.82. The molecule has 4 aromatic rings. The highest BCUT2D eigenvalue weighted by Gasteiger charge is 2.20. The summed E-state index contributed by atoms with van der Waals surface area (Å²) in [6, 6.07) is 15.8. The van der Waals surface area contributed by atoms with Crippen molar-refractivity contribution in [1.29, 1.82) is 0 Å². The third-order valence-electron chi connectivity index (χ3n) is 5.76. The number of fused-ring (bicyclic) bond motifs is 3. The van der Waals surface area contributed by atoms with Crippen LogP contribution < -0.4 is 21.5 Å². The molecule has 35 heavy (non-hydrogen) atoms. The normalized spacial score (nSPS) is 11.3. The Balaban J connectivity index is 1.73. The van der Waals surface area contributed by atoms with E-state index in [1.807, 2.05) is 32.0 Å². The molecule has 0 aliphatic rings. The van der Waals surface area contributed by atoms with Crippen molar-refractivity contribution < 1.29 is 9.59 Å². The van der Waals surface area contributed by atoms with E-state index in [0.717, 1.165) is 4.68 Å². The first-order valence-electron chi connectivity index (χ1n) is 11.5. The van der Waals surface area contributed by atoms with Crippen LogP contribution in [0.15, 0.2) is 64.2 Å². The molecule has 0 bridgehead atoms. The lowest BCUT2D eigenvalue weighted by molar-refractivity contribution is -0.121. The predicted molar refractivity (Wildman–Crippen MR) is 134 cm³/mol. The number of carbonyl (C=O) groups excluding carboxylic acids is 2. The monoisotopic (exact) mass is 476 g/mol. The first-order valence-corrected chi connectivity index (χ1v) is 11.5. The Labute approximate surface area is 201 Å². The summed E-state index contributed by atoms with van der Waals surface area (Å²) in [5.74, 6) is -0.147. The van der Waals surface area contributed by atoms with Crippen molar-refractivity contribution in [2.75, 3.05) is 18.5 Å². The molecule has 0 saturated carbocycles. The number of carbonyl (C=O) groups is 2. The van der Waals surface area contributed by atoms with Crippen molar-refractivity contribution in [3.63, 3.8) is 0 Å². The molecule has 0 aliphatic heterocycles. The van der Waals surface area contributed by atoms with Crippen LogP contribution in [0, 0.1) is 5.92 Å². The van der Waals surface area contributed by atoms with Gasteiger partial charge in [0.05, 0.1) is 10.9 Å². The minimum absolute atomic E-state index is 0.0470. The molecule has 2 amide bonds. The Morgan fingerprint density at radius 1 is 1.03 bits per heavy atom. The van der Waals surface area contributed by atoms with Crippen LogP contribution in [-0.2, 0) is 22.7 Å². The van der Waals surface area contributed by atoms with Gasteiger partial charge < -0.3 is 10.2 Å². The number of aromatic nitrogens is 4. The summed E-state index contributed by atoms with van der Waals surface area (Å²) < 4.78 is 3.69. The number of anilines is 1. The maximum Gasteiger partial charge on any atom is 0.352 e. The molecule has 4 rings (SSSR count). The van der Waals surface area contributed by atoms with E-state index in [1.54, 1.807) is 43.4 Å². The van der Waals surface area contributed by atoms with E-state index < -0.39 is 5.69 Å². The van der Waals surface area contributed by atoms with Crippen LogP contribution in [0.5, 0.6) is 0 Å². The summed E-state index contributed by atoms with van der Waals surface area (Å²) in [6.45, 7) is 4.27. The zero-order valence-electron chi connectivity index (χ0n) is 20.0. The summed E-state index contributed by atoms with van der Waals surface area (Å²) >= 11 is 0. The molecule has 10 heteroatoms. The fraction of sp³-hybridized carbons (Fsp3) is 0.320. The van der Waals surface area contributed by atoms with Crippen molar-refractivity contribution in [2.24, 2.45) is 5.92 Å². The smallest absolute Gasteiger partial charge is 0.352 e. The lowest BCUT2D eigenvalue weighted by atomic mass is 10.2. The minimum atomic E-state index is -0.538. The van der Waals surface area contributed by atoms with Crippen LogP contribution in [0.1, 0.15) is 20.3 Å². The van der Waals surface area contributed by atoms with Crippen LogP contribution in [-0.4, -0.2) is 44.2 Å². The minimum Gasteiger partial charge on any atom is -0.356 e. The number of aryl methyl sites for hydroxylation is 1. The zero-order valence-corrected chi connectivity index (χ0v) is 20.0. The van der Waals surface area contributed by atoms with Gasteiger partial charge in [-0.25, -0.2) is 13.9 Å². The lowest BCUT2D eigenvalue weighted by Crippen LogP contribution is -2.34. The molecule has 2 aromatic heterocycles. The maximum absolute atomic E-state index is 13.3. The number of nitrogens with zero attached hydrogens (tertiary/aromatic N) is 5. The predicted octanol–water partition coefficient (Wildman–Crippen LogP) is 1.64. The third-order valence-corrected chi connectivity index (χ3v) is 5.76. The van der Waals surface area contributed by atoms with Crippen molar-refractivity contribution in [3.05, 3.63) is 75.4 Å². The highest BCUT2D eigenvalue weighted by molar-refractivity contribution is 5.92. The maximum atomic E-state index is 13.3. The number of hydrogen-bond donors (Lipinski definition) is 1. The molecular formula is C25H28N6O4. The number of amides is 2. The fourth-order valence-electron chi connectivity index (χ4n) is 3.82. The van der Waals surface area contributed by atoms with Gasteiger partial charge in [0.25, 0.3) is 5.56 Å². The molecule has 0 unspecified atom stereocenters. The molecule has 0 aliphatic carbocycles. The molecule has 0 saturated heterocycles. The number of benzene rings is 2. The Morgan fingerprint density at radius 3 is 2.43 bits per heavy atom. The van der Waals surface area contributed by atoms with Crippen molar-refractivity contribution in [1.82, 2.24) is 24.1 Å². The SMILES string of the molecule is CC(C)CNC(=O)CCn1c(=O)c2ccccc2n2c(=O)n(CC(=O)N(C)c3ccccc3)nc12. The van der Waals surface area contributed by atoms with Gasteiger partial charge in [0, 0.05) is 32.2 Å². The molecule has 0 atom stereocenters. The quantitative estimate of drug-likeness (QED) is 0.416. The first kappa shape index (κ1) is 23.9. The van der Waals surface area contributed by atoms with Gasteiger partial charge in [-0.3, -0.25) is 19.0 Å². The second-order valence-corrected chi connectivity index (χ2v) is 8.79. The molecule has 1 N–H and O–H groups in total. The van der Waals surface area contributed by atoms with Gasteiger partial charge in [-0.2, -0.15) is 0 Å². The van der Waals surface area contributed by atoms with Gasteiger partial charge in [0.1, 0.15) is 6.54 Å². The first-order chi connectivity index (χ1) is 16.8. The average molecular weight is 477 g/mol. The number of likely N-dealkylation sites (N-methyl/N-ethyl adjacent to an activating group) is 1. The van der Waals surface area contributed by atoms with E-state index in [9.17, 15) is 19.2 Å². The summed E-state index contributed by atoms with van der Waals surface area (Å²) in [7, 11) is 1.62. The van der Waals surface area contributed by atoms with E-state index >= 15 is 0 Å². The summed E-state index contributed by atoms with van der Waals surface area (Å²) in [4.78, 5) is 53.2. The van der Waals surface area contributed by atoms with Gasteiger partial charge in [0.15, 0.2) is 0 Å². The standard InChI is InChI=1S/C25H28N6O4/c1-17(2)15-26-21(32)13-14-29-23(34)19-11-7-8-12-20(19)31-24(29)27-30(25(31)35)16-22(33)28(3)18-9-5-4-6-10-18/h4-12,17H,13-16H2,1-3H3,(H,26,32). The van der Waals surface area contributed by atoms with Crippen LogP contribution in [0.2, 0.25) is 0 Å². The molecule has 0 fully saturated rings. The Kier molecular flexibility index (Phi) is 6.81. The summed E-state index contributed by atoms with van der Waals surface area (Å²) in [6.07, 6.45) is 0.0529. The zero-order chi connectivity index (χ0) is 25.1. The average Bonchev–Trinajstić information content (AvgIpc) is 3.18. The largest absolute Gasteiger partial charge is 0.356 e. The number of para-hydroxylation sites is 2. The Hall–Kier alpha value is -4.21. The van der Waals surface area contributed by atoms with Crippen molar-refractivity contribution >= 4 is 34.2 Å². The van der Waals surface area contributed by atoms with Gasteiger partial charge in [-0.05, 0) is 30.2 Å². The second-order valence-electron chi connectivity index (χ2n) is 8.79. The summed E-state index contributed by atoms with van der Waals surface area (Å²) in [5, 5.41) is 7.50. The van der Waals surface area contributed by atoms with Crippen LogP contribution in [0.25, 0.3) is 16.7 Å². The highest BCUT2D eigenvalue weighted by atomic mass is 16.2. The van der Waals surface area contributed by atoms with Crippen LogP contribution in [0.4, 0.5) is 5.69 Å². The van der Waals surface area contributed by atoms with Crippen LogP contribution >= 0.6 is 0 Å². The van der Waals surface area contributed by atoms with Crippen LogP contribution in [0.3, 0.4) is 0 Å². The molecule has 0 spiro atoms. The number of nitrogens with one attached hydrogen (secondary N) is 1. The lowest BCUT2D eigenvalue weighted by Gasteiger charge is -2.16. The molecule has 2 heterocycles.